The Bertz CT molecular complexity index is 1060. The van der Waals surface area contributed by atoms with Crippen molar-refractivity contribution < 1.29 is 14.3 Å². The van der Waals surface area contributed by atoms with E-state index in [4.69, 9.17) is 4.74 Å². The van der Waals surface area contributed by atoms with E-state index in [9.17, 15) is 9.59 Å². The van der Waals surface area contributed by atoms with Crippen LogP contribution in [0.25, 0.3) is 10.9 Å². The largest absolute Gasteiger partial charge is 0.481 e. The number of aromatic nitrogens is 3. The maximum Gasteiger partial charge on any atom is 0.256 e. The number of carbonyl (C=O) groups excluding carboxylic acids is 2. The summed E-state index contributed by atoms with van der Waals surface area (Å²) in [7, 11) is 1.50. The minimum atomic E-state index is -0.274. The standard InChI is InChI=1S/C21H22N4O3/c1-3-13-5-4-8-25-16-10-15(7-6-14(16)9-17(25)20(13)26)21(27)24-18-11-19(28-2)23-12-22-18/h6-7,9-13H,3-5,8H2,1-2H3,(H,22,23,24,27). The number of aryl methyl sites for hydroxylation is 1. The third-order valence-corrected chi connectivity index (χ3v) is 5.31. The van der Waals surface area contributed by atoms with E-state index in [-0.39, 0.29) is 17.6 Å². The SMILES string of the molecule is CCC1CCCn2c(cc3ccc(C(=O)Nc4cc(OC)ncn4)cc32)C1=O. The van der Waals surface area contributed by atoms with Gasteiger partial charge in [0.15, 0.2) is 5.78 Å². The molecule has 28 heavy (non-hydrogen) atoms. The molecular formula is C21H22N4O3. The van der Waals surface area contributed by atoms with Crippen LogP contribution in [0.15, 0.2) is 36.7 Å². The fourth-order valence-electron chi connectivity index (χ4n) is 3.77. The molecule has 1 atom stereocenters. The number of Topliss-reactive ketones (excluding diaryl/α,β-unsaturated/α-hetero) is 1. The predicted octanol–water partition coefficient (Wildman–Crippen LogP) is 3.69. The van der Waals surface area contributed by atoms with Crippen molar-refractivity contribution in [3.63, 3.8) is 0 Å². The lowest BCUT2D eigenvalue weighted by Gasteiger charge is -2.09. The first kappa shape index (κ1) is 18.2. The molecule has 1 amide bonds. The molecule has 1 aliphatic heterocycles. The molecule has 0 bridgehead atoms. The number of rotatable bonds is 4. The van der Waals surface area contributed by atoms with Crippen LogP contribution in [0.1, 0.15) is 47.0 Å². The zero-order chi connectivity index (χ0) is 19.7. The van der Waals surface area contributed by atoms with E-state index in [1.807, 2.05) is 18.2 Å². The lowest BCUT2D eigenvalue weighted by molar-refractivity contribution is 0.0908. The summed E-state index contributed by atoms with van der Waals surface area (Å²) >= 11 is 0. The average molecular weight is 378 g/mol. The number of hydrogen-bond acceptors (Lipinski definition) is 5. The van der Waals surface area contributed by atoms with Gasteiger partial charge in [0.25, 0.3) is 5.91 Å². The summed E-state index contributed by atoms with van der Waals surface area (Å²) in [6.45, 7) is 2.85. The highest BCUT2D eigenvalue weighted by molar-refractivity contribution is 6.07. The van der Waals surface area contributed by atoms with Gasteiger partial charge in [0.2, 0.25) is 5.88 Å². The molecule has 7 nitrogen and oxygen atoms in total. The molecular weight excluding hydrogens is 356 g/mol. The highest BCUT2D eigenvalue weighted by atomic mass is 16.5. The van der Waals surface area contributed by atoms with Crippen LogP contribution in [0.2, 0.25) is 0 Å². The predicted molar refractivity (Wildman–Crippen MR) is 106 cm³/mol. The van der Waals surface area contributed by atoms with Crippen LogP contribution in [0, 0.1) is 5.92 Å². The van der Waals surface area contributed by atoms with Gasteiger partial charge in [-0.1, -0.05) is 13.0 Å². The second-order valence-electron chi connectivity index (χ2n) is 6.97. The lowest BCUT2D eigenvalue weighted by atomic mass is 9.95. The number of hydrogen-bond donors (Lipinski definition) is 1. The van der Waals surface area contributed by atoms with Crippen molar-refractivity contribution in [2.75, 3.05) is 12.4 Å². The number of methoxy groups -OCH3 is 1. The first-order valence-electron chi connectivity index (χ1n) is 9.45. The molecule has 0 aliphatic carbocycles. The van der Waals surface area contributed by atoms with E-state index < -0.39 is 0 Å². The lowest BCUT2D eigenvalue weighted by Crippen LogP contribution is -2.14. The summed E-state index contributed by atoms with van der Waals surface area (Å²) in [5.74, 6) is 0.759. The molecule has 2 aromatic heterocycles. The van der Waals surface area contributed by atoms with Crippen molar-refractivity contribution in [1.29, 1.82) is 0 Å². The van der Waals surface area contributed by atoms with Crippen molar-refractivity contribution in [2.45, 2.75) is 32.7 Å². The summed E-state index contributed by atoms with van der Waals surface area (Å²) in [5, 5.41) is 3.73. The van der Waals surface area contributed by atoms with E-state index in [0.29, 0.717) is 17.3 Å². The van der Waals surface area contributed by atoms with Gasteiger partial charge >= 0.3 is 0 Å². The van der Waals surface area contributed by atoms with E-state index in [1.165, 1.54) is 13.4 Å². The van der Waals surface area contributed by atoms with Gasteiger partial charge in [-0.05, 0) is 37.5 Å². The molecule has 144 valence electrons. The second-order valence-corrected chi connectivity index (χ2v) is 6.97. The zero-order valence-electron chi connectivity index (χ0n) is 15.9. The van der Waals surface area contributed by atoms with Crippen molar-refractivity contribution in [3.05, 3.63) is 47.9 Å². The fourth-order valence-corrected chi connectivity index (χ4v) is 3.77. The first-order chi connectivity index (χ1) is 13.6. The Labute approximate surface area is 162 Å². The van der Waals surface area contributed by atoms with Gasteiger partial charge in [0.1, 0.15) is 12.1 Å². The van der Waals surface area contributed by atoms with Gasteiger partial charge in [0, 0.05) is 35.0 Å². The molecule has 0 saturated carbocycles. The molecule has 1 unspecified atom stereocenters. The number of carbonyl (C=O) groups is 2. The van der Waals surface area contributed by atoms with Gasteiger partial charge in [0.05, 0.1) is 12.8 Å². The van der Waals surface area contributed by atoms with Crippen LogP contribution in [0.3, 0.4) is 0 Å². The molecule has 0 saturated heterocycles. The summed E-state index contributed by atoms with van der Waals surface area (Å²) in [4.78, 5) is 33.5. The van der Waals surface area contributed by atoms with Crippen LogP contribution >= 0.6 is 0 Å². The Hall–Kier alpha value is -3.22. The Morgan fingerprint density at radius 1 is 1.29 bits per heavy atom. The molecule has 4 rings (SSSR count). The Morgan fingerprint density at radius 2 is 2.14 bits per heavy atom. The Kier molecular flexibility index (Phi) is 4.81. The topological polar surface area (TPSA) is 86.1 Å². The van der Waals surface area contributed by atoms with Gasteiger partial charge in [-0.25, -0.2) is 9.97 Å². The number of ether oxygens (including phenoxy) is 1. The van der Waals surface area contributed by atoms with Gasteiger partial charge in [-0.2, -0.15) is 0 Å². The maximum absolute atomic E-state index is 12.8. The first-order valence-corrected chi connectivity index (χ1v) is 9.45. The molecule has 3 heterocycles. The van der Waals surface area contributed by atoms with Gasteiger partial charge in [-0.3, -0.25) is 9.59 Å². The number of amides is 1. The number of ketones is 1. The third-order valence-electron chi connectivity index (χ3n) is 5.31. The number of nitrogens with one attached hydrogen (secondary N) is 1. The van der Waals surface area contributed by atoms with Gasteiger partial charge in [-0.15, -0.1) is 0 Å². The smallest absolute Gasteiger partial charge is 0.256 e. The normalized spacial score (nSPS) is 16.5. The highest BCUT2D eigenvalue weighted by Crippen LogP contribution is 2.29. The molecule has 1 aromatic carbocycles. The van der Waals surface area contributed by atoms with E-state index in [2.05, 4.69) is 26.8 Å². The number of benzene rings is 1. The summed E-state index contributed by atoms with van der Waals surface area (Å²) in [6.07, 6.45) is 4.06. The molecule has 3 aromatic rings. The van der Waals surface area contributed by atoms with Crippen LogP contribution in [-0.2, 0) is 6.54 Å². The summed E-state index contributed by atoms with van der Waals surface area (Å²) < 4.78 is 7.11. The summed E-state index contributed by atoms with van der Waals surface area (Å²) in [6, 6.07) is 9.00. The van der Waals surface area contributed by atoms with Crippen LogP contribution < -0.4 is 10.1 Å². The Balaban J connectivity index is 1.67. The van der Waals surface area contributed by atoms with Crippen LogP contribution in [0.5, 0.6) is 5.88 Å². The van der Waals surface area contributed by atoms with Crippen molar-refractivity contribution >= 4 is 28.4 Å². The molecule has 7 heteroatoms. The molecule has 0 radical (unpaired) electrons. The summed E-state index contributed by atoms with van der Waals surface area (Å²) in [5.41, 5.74) is 2.17. The van der Waals surface area contributed by atoms with Gasteiger partial charge < -0.3 is 14.6 Å². The quantitative estimate of drug-likeness (QED) is 0.748. The second kappa shape index (κ2) is 7.42. The zero-order valence-corrected chi connectivity index (χ0v) is 15.9. The van der Waals surface area contributed by atoms with Crippen molar-refractivity contribution in [3.8, 4) is 5.88 Å². The van der Waals surface area contributed by atoms with E-state index in [1.54, 1.807) is 12.1 Å². The third kappa shape index (κ3) is 3.24. The van der Waals surface area contributed by atoms with E-state index >= 15 is 0 Å². The number of fused-ring (bicyclic) bond motifs is 3. The van der Waals surface area contributed by atoms with Crippen molar-refractivity contribution in [1.82, 2.24) is 14.5 Å². The number of nitrogens with zero attached hydrogens (tertiary/aromatic N) is 3. The van der Waals surface area contributed by atoms with Crippen LogP contribution in [0.4, 0.5) is 5.82 Å². The number of anilines is 1. The average Bonchev–Trinajstić information content (AvgIpc) is 3.00. The molecule has 0 fully saturated rings. The van der Waals surface area contributed by atoms with Crippen LogP contribution in [-0.4, -0.2) is 33.3 Å². The highest BCUT2D eigenvalue weighted by Gasteiger charge is 2.26. The minimum absolute atomic E-state index is 0.0843. The Morgan fingerprint density at radius 3 is 2.93 bits per heavy atom. The molecule has 1 aliphatic rings. The van der Waals surface area contributed by atoms with Crippen molar-refractivity contribution in [2.24, 2.45) is 5.92 Å². The fraction of sp³-hybridized carbons (Fsp3) is 0.333. The molecule has 0 spiro atoms. The maximum atomic E-state index is 12.8. The molecule has 1 N–H and O–H groups in total. The monoisotopic (exact) mass is 378 g/mol. The van der Waals surface area contributed by atoms with E-state index in [0.717, 1.165) is 42.4 Å². The minimum Gasteiger partial charge on any atom is -0.481 e.